The molecule has 0 aliphatic rings. The second-order valence-electron chi connectivity index (χ2n) is 0.283. The van der Waals surface area contributed by atoms with Crippen molar-refractivity contribution in [3.63, 3.8) is 0 Å². The van der Waals surface area contributed by atoms with Crippen molar-refractivity contribution in [3.05, 3.63) is 0 Å². The zero-order valence-electron chi connectivity index (χ0n) is 6.92. The van der Waals surface area contributed by atoms with Crippen molar-refractivity contribution in [1.29, 1.82) is 0 Å². The van der Waals surface area contributed by atoms with E-state index in [1.807, 2.05) is 0 Å². The van der Waals surface area contributed by atoms with Gasteiger partial charge in [-0.15, -0.1) is 0 Å². The summed E-state index contributed by atoms with van der Waals surface area (Å²) in [6.45, 7) is 0. The van der Waals surface area contributed by atoms with Crippen molar-refractivity contribution in [2.45, 2.75) is 0 Å². The van der Waals surface area contributed by atoms with Gasteiger partial charge in [0.1, 0.15) is 0 Å². The molecule has 0 fully saturated rings. The van der Waals surface area contributed by atoms with Gasteiger partial charge < -0.3 is 14.5 Å². The Bertz CT molecular complexity index is 46.7. The van der Waals surface area contributed by atoms with E-state index in [-0.39, 0.29) is 76.3 Å². The summed E-state index contributed by atoms with van der Waals surface area (Å²) in [5, 5.41) is 13.9. The minimum Gasteiger partial charge on any atom is -1.00 e. The Morgan fingerprint density at radius 1 is 1.43 bits per heavy atom. The first-order chi connectivity index (χ1) is 1.73. The first-order valence-corrected chi connectivity index (χ1v) is 0.651. The summed E-state index contributed by atoms with van der Waals surface area (Å²) < 4.78 is 0. The van der Waals surface area contributed by atoms with Gasteiger partial charge in [0.05, 0.1) is 0 Å². The number of hydrogen-bond donors (Lipinski definition) is 2. The molecule has 3 nitrogen and oxygen atoms in total. The van der Waals surface area contributed by atoms with Gasteiger partial charge >= 0.3 is 73.5 Å². The van der Waals surface area contributed by atoms with E-state index >= 15 is 0 Å². The van der Waals surface area contributed by atoms with Crippen LogP contribution in [0.15, 0.2) is 0 Å². The van der Waals surface area contributed by atoms with E-state index < -0.39 is 6.16 Å². The summed E-state index contributed by atoms with van der Waals surface area (Å²) in [6.07, 6.45) is -1.83. The van der Waals surface area contributed by atoms with Crippen LogP contribution in [-0.2, 0) is 0 Å². The summed E-state index contributed by atoms with van der Waals surface area (Å²) in [4.78, 5) is 8.56. The fraction of sp³-hybridized carbons (Fsp3) is 0. The van der Waals surface area contributed by atoms with Gasteiger partial charge in [-0.3, -0.25) is 4.70 Å². The van der Waals surface area contributed by atoms with E-state index in [1.54, 1.807) is 0 Å². The molecule has 0 aliphatic heterocycles. The van der Waals surface area contributed by atoms with E-state index in [9.17, 15) is 0 Å². The van der Waals surface area contributed by atoms with Crippen LogP contribution in [0.4, 0.5) is 9.50 Å². The standard InChI is InChI=1S/CH2O3.Ca.FH.Na.3H/c2-1(3)4;;;;;;/h(H2,2,3,4);;1H;;;;/q;+2;;+1;3*-1. The van der Waals surface area contributed by atoms with Crippen molar-refractivity contribution in [1.82, 2.24) is 0 Å². The molecule has 0 aromatic rings. The molecule has 0 heterocycles. The SMILES string of the molecule is F.O=C(O)O.[Ca+2].[H-].[H-].[H-].[Na+]. The monoisotopic (exact) mass is 148 g/mol. The van der Waals surface area contributed by atoms with Crippen LogP contribution in [0.2, 0.25) is 0 Å². The smallest absolute Gasteiger partial charge is 1.00 e. The van der Waals surface area contributed by atoms with Gasteiger partial charge in [0, 0.05) is 0 Å². The van der Waals surface area contributed by atoms with Gasteiger partial charge in [-0.2, -0.15) is 0 Å². The van der Waals surface area contributed by atoms with Crippen LogP contribution in [0.25, 0.3) is 0 Å². The molecule has 0 bridgehead atoms. The number of carboxylic acid groups (broad SMARTS) is 2. The Hall–Kier alpha value is 1.46. The fourth-order valence-electron chi connectivity index (χ4n) is 0. The second-order valence-corrected chi connectivity index (χ2v) is 0.283. The third-order valence-corrected chi connectivity index (χ3v) is 0. The maximum Gasteiger partial charge on any atom is 2.00 e. The van der Waals surface area contributed by atoms with Crippen LogP contribution >= 0.6 is 0 Å². The van der Waals surface area contributed by atoms with Crippen LogP contribution in [-0.4, -0.2) is 54.1 Å². The van der Waals surface area contributed by atoms with Gasteiger partial charge in [0.15, 0.2) is 0 Å². The molecule has 6 heteroatoms. The Kier molecular flexibility index (Phi) is 52.9. The predicted octanol–water partition coefficient (Wildman–Crippen LogP) is -2.66. The molecule has 2 N–H and O–H groups in total. The Balaban J connectivity index is -0.00000000300. The molecular formula is CH6CaFNaO3. The molecule has 0 spiro atoms. The number of carbonyl (C=O) groups is 1. The normalized spacial score (nSPS) is 3.43. The third kappa shape index (κ3) is 104. The van der Waals surface area contributed by atoms with Gasteiger partial charge in [-0.1, -0.05) is 0 Å². The van der Waals surface area contributed by atoms with E-state index in [0.717, 1.165) is 0 Å². The molecule has 0 aliphatic carbocycles. The maximum atomic E-state index is 8.56. The molecule has 0 atom stereocenters. The number of hydrogen-bond acceptors (Lipinski definition) is 1. The zero-order chi connectivity index (χ0) is 3.58. The maximum absolute atomic E-state index is 8.56. The Morgan fingerprint density at radius 2 is 1.43 bits per heavy atom. The van der Waals surface area contributed by atoms with Crippen molar-refractivity contribution in [2.24, 2.45) is 0 Å². The Labute approximate surface area is 96.2 Å². The predicted molar refractivity (Wildman–Crippen MR) is 22.2 cm³/mol. The molecule has 7 heavy (non-hydrogen) atoms. The van der Waals surface area contributed by atoms with E-state index in [4.69, 9.17) is 15.0 Å². The van der Waals surface area contributed by atoms with Crippen LogP contribution in [0.5, 0.6) is 0 Å². The minimum absolute atomic E-state index is 0. The molecule has 0 unspecified atom stereocenters. The van der Waals surface area contributed by atoms with E-state index in [2.05, 4.69) is 0 Å². The van der Waals surface area contributed by atoms with Crippen molar-refractivity contribution in [3.8, 4) is 0 Å². The van der Waals surface area contributed by atoms with Crippen LogP contribution < -0.4 is 29.6 Å². The van der Waals surface area contributed by atoms with Crippen molar-refractivity contribution >= 4 is 43.9 Å². The van der Waals surface area contributed by atoms with Gasteiger partial charge in [-0.05, 0) is 0 Å². The van der Waals surface area contributed by atoms with Crippen LogP contribution in [0.1, 0.15) is 4.28 Å². The molecule has 0 saturated heterocycles. The molecule has 0 aromatic heterocycles. The summed E-state index contributed by atoms with van der Waals surface area (Å²) >= 11 is 0. The van der Waals surface area contributed by atoms with E-state index in [1.165, 1.54) is 0 Å². The quantitative estimate of drug-likeness (QED) is 0.368. The summed E-state index contributed by atoms with van der Waals surface area (Å²) in [6, 6.07) is 0. The average Bonchev–Trinajstić information content (AvgIpc) is 0.811. The molecule has 0 amide bonds. The average molecular weight is 148 g/mol. The largest absolute Gasteiger partial charge is 2.00 e. The summed E-state index contributed by atoms with van der Waals surface area (Å²) in [5.74, 6) is 0. The molecular weight excluding hydrogens is 142 g/mol. The number of halogens is 1. The van der Waals surface area contributed by atoms with Gasteiger partial charge in [-0.25, -0.2) is 4.79 Å². The first-order valence-electron chi connectivity index (χ1n) is 0.651. The number of rotatable bonds is 0. The molecule has 0 rings (SSSR count). The first kappa shape index (κ1) is 23.7. The Morgan fingerprint density at radius 3 is 1.43 bits per heavy atom. The van der Waals surface area contributed by atoms with Gasteiger partial charge in [0.2, 0.25) is 0 Å². The molecule has 0 radical (unpaired) electrons. The second kappa shape index (κ2) is 15.7. The molecule has 0 aromatic carbocycles. The van der Waals surface area contributed by atoms with Gasteiger partial charge in [0.25, 0.3) is 0 Å². The fourth-order valence-corrected chi connectivity index (χ4v) is 0. The minimum atomic E-state index is -1.83. The molecule has 38 valence electrons. The van der Waals surface area contributed by atoms with Crippen LogP contribution in [0.3, 0.4) is 0 Å². The zero-order valence-corrected chi connectivity index (χ0v) is 8.13. The van der Waals surface area contributed by atoms with Crippen LogP contribution in [0, 0.1) is 0 Å². The van der Waals surface area contributed by atoms with Crippen molar-refractivity contribution < 1.29 is 53.5 Å². The van der Waals surface area contributed by atoms with Crippen molar-refractivity contribution in [2.75, 3.05) is 0 Å². The third-order valence-electron chi connectivity index (χ3n) is 0. The molecule has 0 saturated carbocycles. The summed E-state index contributed by atoms with van der Waals surface area (Å²) in [7, 11) is 0. The topological polar surface area (TPSA) is 57.5 Å². The summed E-state index contributed by atoms with van der Waals surface area (Å²) in [5.41, 5.74) is 0. The van der Waals surface area contributed by atoms with E-state index in [0.29, 0.717) is 0 Å².